The van der Waals surface area contributed by atoms with Gasteiger partial charge in [0.2, 0.25) is 5.83 Å². The van der Waals surface area contributed by atoms with E-state index in [-0.39, 0.29) is 0 Å². The quantitative estimate of drug-likeness (QED) is 0.476. The zero-order valence-corrected chi connectivity index (χ0v) is 9.54. The maximum atomic E-state index is 14.3. The Morgan fingerprint density at radius 1 is 1.10 bits per heavy atom. The zero-order valence-electron chi connectivity index (χ0n) is 9.54. The molecular weight excluding hydrogens is 285 g/mol. The SMILES string of the molecule is O=C([O-])C1(F)C(c2ccccc2)=C(F)C(F)=C(F)N1F. The first-order valence-corrected chi connectivity index (χ1v) is 5.19. The molecule has 0 radical (unpaired) electrons. The minimum absolute atomic E-state index is 0.470. The number of hydrogen-bond acceptors (Lipinski definition) is 3. The Bertz CT molecular complexity index is 628. The van der Waals surface area contributed by atoms with E-state index < -0.39 is 45.6 Å². The molecule has 8 heteroatoms. The molecule has 0 N–H and O–H groups in total. The fraction of sp³-hybridized carbons (Fsp3) is 0.0833. The van der Waals surface area contributed by atoms with Gasteiger partial charge in [0, 0.05) is 0 Å². The summed E-state index contributed by atoms with van der Waals surface area (Å²) in [7, 11) is 0. The molecule has 0 amide bonds. The van der Waals surface area contributed by atoms with Crippen molar-refractivity contribution in [1.82, 2.24) is 5.12 Å². The van der Waals surface area contributed by atoms with Crippen LogP contribution in [0.25, 0.3) is 5.57 Å². The summed E-state index contributed by atoms with van der Waals surface area (Å²) >= 11 is 0. The number of rotatable bonds is 2. The number of hydrogen-bond donors (Lipinski definition) is 0. The maximum absolute atomic E-state index is 14.3. The number of aliphatic carboxylic acids is 1. The Labute approximate surface area is 109 Å². The van der Waals surface area contributed by atoms with Crippen LogP contribution in [-0.4, -0.2) is 16.9 Å². The summed E-state index contributed by atoms with van der Waals surface area (Å²) < 4.78 is 67.5. The van der Waals surface area contributed by atoms with Gasteiger partial charge >= 0.3 is 0 Å². The Morgan fingerprint density at radius 2 is 1.65 bits per heavy atom. The molecule has 1 aliphatic heterocycles. The second kappa shape index (κ2) is 4.62. The number of carbonyl (C=O) groups is 1. The third-order valence-electron chi connectivity index (χ3n) is 2.70. The van der Waals surface area contributed by atoms with Crippen LogP contribution in [0.2, 0.25) is 0 Å². The molecule has 0 spiro atoms. The average Bonchev–Trinajstić information content (AvgIpc) is 2.44. The third-order valence-corrected chi connectivity index (χ3v) is 2.70. The number of benzene rings is 1. The second-order valence-electron chi connectivity index (χ2n) is 3.85. The minimum Gasteiger partial charge on any atom is -0.544 e. The Balaban J connectivity index is 2.79. The highest BCUT2D eigenvalue weighted by molar-refractivity contribution is 5.96. The largest absolute Gasteiger partial charge is 0.544 e. The van der Waals surface area contributed by atoms with Gasteiger partial charge in [0.1, 0.15) is 5.97 Å². The molecule has 20 heavy (non-hydrogen) atoms. The lowest BCUT2D eigenvalue weighted by atomic mass is 9.93. The van der Waals surface area contributed by atoms with E-state index in [2.05, 4.69) is 0 Å². The molecule has 0 saturated heterocycles. The first-order valence-electron chi connectivity index (χ1n) is 5.19. The number of alkyl halides is 1. The van der Waals surface area contributed by atoms with E-state index in [0.29, 0.717) is 0 Å². The van der Waals surface area contributed by atoms with Crippen molar-refractivity contribution in [2.24, 2.45) is 0 Å². The molecule has 1 aliphatic rings. The molecule has 3 nitrogen and oxygen atoms in total. The zero-order chi connectivity index (χ0) is 15.1. The highest BCUT2D eigenvalue weighted by atomic mass is 19.2. The molecule has 1 aromatic carbocycles. The average molecular weight is 290 g/mol. The van der Waals surface area contributed by atoms with Gasteiger partial charge in [-0.05, 0) is 5.56 Å². The highest BCUT2D eigenvalue weighted by Gasteiger charge is 2.53. The van der Waals surface area contributed by atoms with Crippen molar-refractivity contribution in [3.63, 3.8) is 0 Å². The third kappa shape index (κ3) is 1.75. The van der Waals surface area contributed by atoms with Crippen molar-refractivity contribution in [3.8, 4) is 0 Å². The van der Waals surface area contributed by atoms with Gasteiger partial charge in [-0.1, -0.05) is 34.8 Å². The highest BCUT2D eigenvalue weighted by Crippen LogP contribution is 2.46. The van der Waals surface area contributed by atoms with Crippen molar-refractivity contribution >= 4 is 11.5 Å². The summed E-state index contributed by atoms with van der Waals surface area (Å²) in [5.41, 5.74) is -1.98. The maximum Gasteiger partial charge on any atom is 0.281 e. The fourth-order valence-electron chi connectivity index (χ4n) is 1.77. The molecule has 1 atom stereocenters. The minimum atomic E-state index is -4.31. The van der Waals surface area contributed by atoms with E-state index in [1.54, 1.807) is 0 Å². The van der Waals surface area contributed by atoms with Crippen LogP contribution < -0.4 is 5.11 Å². The van der Waals surface area contributed by atoms with Crippen LogP contribution in [0.15, 0.2) is 47.9 Å². The lowest BCUT2D eigenvalue weighted by molar-refractivity contribution is -0.330. The molecule has 0 aliphatic carbocycles. The molecule has 0 saturated carbocycles. The Morgan fingerprint density at radius 3 is 2.15 bits per heavy atom. The van der Waals surface area contributed by atoms with E-state index in [4.69, 9.17) is 0 Å². The van der Waals surface area contributed by atoms with Crippen LogP contribution in [0.5, 0.6) is 0 Å². The molecule has 0 bridgehead atoms. The lowest BCUT2D eigenvalue weighted by Crippen LogP contribution is -2.55. The second-order valence-corrected chi connectivity index (χ2v) is 3.85. The number of carboxylic acid groups (broad SMARTS) is 1. The summed E-state index contributed by atoms with van der Waals surface area (Å²) in [6.45, 7) is 0. The Hall–Kier alpha value is -2.38. The first kappa shape index (κ1) is 14.0. The van der Waals surface area contributed by atoms with Crippen LogP contribution in [0.4, 0.5) is 22.0 Å². The first-order chi connectivity index (χ1) is 9.31. The van der Waals surface area contributed by atoms with Crippen LogP contribution in [0, 0.1) is 0 Å². The van der Waals surface area contributed by atoms with E-state index in [1.807, 2.05) is 0 Å². The number of carbonyl (C=O) groups excluding carboxylic acids is 1. The van der Waals surface area contributed by atoms with Crippen LogP contribution >= 0.6 is 0 Å². The van der Waals surface area contributed by atoms with Gasteiger partial charge < -0.3 is 9.90 Å². The van der Waals surface area contributed by atoms with Crippen molar-refractivity contribution in [2.75, 3.05) is 0 Å². The van der Waals surface area contributed by atoms with Gasteiger partial charge in [-0.3, -0.25) is 0 Å². The molecule has 1 aromatic rings. The van der Waals surface area contributed by atoms with Crippen molar-refractivity contribution in [2.45, 2.75) is 5.79 Å². The molecule has 0 fully saturated rings. The van der Waals surface area contributed by atoms with Gasteiger partial charge in [-0.2, -0.15) is 8.78 Å². The topological polar surface area (TPSA) is 43.4 Å². The van der Waals surface area contributed by atoms with Crippen LogP contribution in [0.1, 0.15) is 5.56 Å². The van der Waals surface area contributed by atoms with Gasteiger partial charge in [0.15, 0.2) is 5.83 Å². The van der Waals surface area contributed by atoms with Gasteiger partial charge in [0.05, 0.1) is 5.57 Å². The van der Waals surface area contributed by atoms with Crippen LogP contribution in [0.3, 0.4) is 0 Å². The molecule has 2 rings (SSSR count). The standard InChI is InChI=1S/C12H6F5NO2/c13-8-7(6-4-2-1-3-5-6)12(16,11(19)20)18(17)10(15)9(8)14/h1-5H,(H,19,20)/p-1. The fourth-order valence-corrected chi connectivity index (χ4v) is 1.77. The summed E-state index contributed by atoms with van der Waals surface area (Å²) in [5, 5.41) is 9.14. The number of nitrogens with zero attached hydrogens (tertiary/aromatic N) is 1. The summed E-state index contributed by atoms with van der Waals surface area (Å²) in [4.78, 5) is 10.8. The van der Waals surface area contributed by atoms with Gasteiger partial charge in [0.25, 0.3) is 11.7 Å². The van der Waals surface area contributed by atoms with Crippen molar-refractivity contribution in [1.29, 1.82) is 0 Å². The van der Waals surface area contributed by atoms with E-state index in [0.717, 1.165) is 12.1 Å². The lowest BCUT2D eigenvalue weighted by Gasteiger charge is -2.36. The van der Waals surface area contributed by atoms with Crippen molar-refractivity contribution in [3.05, 3.63) is 53.5 Å². The number of halogens is 5. The Kier molecular flexibility index (Phi) is 3.24. The number of allylic oxidation sites excluding steroid dienone is 2. The van der Waals surface area contributed by atoms with Gasteiger partial charge in [-0.25, -0.2) is 8.78 Å². The molecule has 1 heterocycles. The summed E-state index contributed by atoms with van der Waals surface area (Å²) in [6, 6.07) is 5.94. The van der Waals surface area contributed by atoms with E-state index in [1.165, 1.54) is 18.2 Å². The predicted octanol–water partition coefficient (Wildman–Crippen LogP) is 2.09. The number of carboxylic acids is 1. The predicted molar refractivity (Wildman–Crippen MR) is 55.5 cm³/mol. The normalized spacial score (nSPS) is 23.4. The smallest absolute Gasteiger partial charge is 0.281 e. The monoisotopic (exact) mass is 290 g/mol. The molecule has 106 valence electrons. The van der Waals surface area contributed by atoms with Gasteiger partial charge in [-0.15, -0.1) is 5.12 Å². The van der Waals surface area contributed by atoms with Crippen LogP contribution in [-0.2, 0) is 4.79 Å². The van der Waals surface area contributed by atoms with E-state index >= 15 is 0 Å². The molecule has 1 unspecified atom stereocenters. The van der Waals surface area contributed by atoms with E-state index in [9.17, 15) is 31.9 Å². The summed E-state index contributed by atoms with van der Waals surface area (Å²) in [6.07, 6.45) is 0. The molecular formula is C12H5F5NO2-. The van der Waals surface area contributed by atoms with Crippen molar-refractivity contribution < 1.29 is 31.9 Å². The molecule has 0 aromatic heterocycles. The summed E-state index contributed by atoms with van der Waals surface area (Å²) in [5.74, 6) is -14.2.